The minimum atomic E-state index is -0.866. The summed E-state index contributed by atoms with van der Waals surface area (Å²) in [7, 11) is 1.58. The van der Waals surface area contributed by atoms with Crippen molar-refractivity contribution in [3.8, 4) is 0 Å². The topological polar surface area (TPSA) is 110 Å². The predicted octanol–water partition coefficient (Wildman–Crippen LogP) is 1.86. The van der Waals surface area contributed by atoms with E-state index < -0.39 is 16.4 Å². The van der Waals surface area contributed by atoms with E-state index in [0.29, 0.717) is 18.4 Å². The van der Waals surface area contributed by atoms with Crippen LogP contribution in [0, 0.1) is 17.0 Å². The molecular formula is C15H21N3O4. The molecule has 2 rings (SSSR count). The molecule has 120 valence electrons. The third-order valence-corrected chi connectivity index (χ3v) is 4.14. The van der Waals surface area contributed by atoms with Gasteiger partial charge in [-0.25, -0.2) is 0 Å². The van der Waals surface area contributed by atoms with E-state index in [1.807, 2.05) is 0 Å². The van der Waals surface area contributed by atoms with Gasteiger partial charge in [0.15, 0.2) is 0 Å². The lowest BCUT2D eigenvalue weighted by atomic mass is 10.0. The molecule has 1 aliphatic carbocycles. The smallest absolute Gasteiger partial charge is 0.293 e. The number of benzene rings is 1. The number of aliphatic hydroxyl groups is 1. The Hall–Kier alpha value is -2.15. The van der Waals surface area contributed by atoms with Crippen molar-refractivity contribution in [2.24, 2.45) is 0 Å². The van der Waals surface area contributed by atoms with Crippen LogP contribution in [-0.4, -0.2) is 40.0 Å². The number of hydrogen-bond donors (Lipinski definition) is 2. The van der Waals surface area contributed by atoms with Gasteiger partial charge >= 0.3 is 0 Å². The number of nitro benzene ring substituents is 1. The van der Waals surface area contributed by atoms with Crippen molar-refractivity contribution >= 4 is 17.3 Å². The first kappa shape index (κ1) is 16.2. The van der Waals surface area contributed by atoms with Gasteiger partial charge in [-0.05, 0) is 31.4 Å². The number of hydrogen-bond acceptors (Lipinski definition) is 5. The van der Waals surface area contributed by atoms with E-state index in [1.54, 1.807) is 20.0 Å². The number of anilines is 1. The molecule has 0 radical (unpaired) electrons. The molecule has 7 nitrogen and oxygen atoms in total. The van der Waals surface area contributed by atoms with Gasteiger partial charge in [-0.3, -0.25) is 14.9 Å². The molecule has 1 fully saturated rings. The van der Waals surface area contributed by atoms with Crippen molar-refractivity contribution in [3.05, 3.63) is 33.4 Å². The zero-order valence-electron chi connectivity index (χ0n) is 12.8. The number of amides is 1. The Morgan fingerprint density at radius 1 is 1.45 bits per heavy atom. The number of nitrogens with zero attached hydrogens (tertiary/aromatic N) is 2. The SMILES string of the molecule is Cc1cc(C(=O)N(C)CC2(O)CCCC2)c(N)c([N+](=O)[O-])c1. The van der Waals surface area contributed by atoms with Gasteiger partial charge in [-0.2, -0.15) is 0 Å². The van der Waals surface area contributed by atoms with Crippen LogP contribution in [-0.2, 0) is 0 Å². The van der Waals surface area contributed by atoms with Crippen molar-refractivity contribution in [2.45, 2.75) is 38.2 Å². The molecule has 0 aromatic heterocycles. The van der Waals surface area contributed by atoms with Crippen LogP contribution in [0.5, 0.6) is 0 Å². The monoisotopic (exact) mass is 307 g/mol. The average molecular weight is 307 g/mol. The standard InChI is InChI=1S/C15H21N3O4/c1-10-7-11(13(16)12(8-10)18(21)22)14(19)17(2)9-15(20)5-3-4-6-15/h7-8,20H,3-6,9,16H2,1-2H3. The molecule has 22 heavy (non-hydrogen) atoms. The van der Waals surface area contributed by atoms with E-state index in [4.69, 9.17) is 5.73 Å². The summed E-state index contributed by atoms with van der Waals surface area (Å²) in [5.41, 5.74) is 5.22. The second-order valence-corrected chi connectivity index (χ2v) is 6.10. The van der Waals surface area contributed by atoms with Crippen molar-refractivity contribution in [3.63, 3.8) is 0 Å². The lowest BCUT2D eigenvalue weighted by molar-refractivity contribution is -0.384. The van der Waals surface area contributed by atoms with Gasteiger partial charge in [0.25, 0.3) is 11.6 Å². The number of nitrogens with two attached hydrogens (primary N) is 1. The molecule has 0 heterocycles. The van der Waals surface area contributed by atoms with Crippen LogP contribution in [0.4, 0.5) is 11.4 Å². The molecule has 0 bridgehead atoms. The zero-order valence-corrected chi connectivity index (χ0v) is 12.8. The summed E-state index contributed by atoms with van der Waals surface area (Å²) in [5, 5.41) is 21.4. The van der Waals surface area contributed by atoms with Gasteiger partial charge in [0.1, 0.15) is 5.69 Å². The molecule has 0 spiro atoms. The highest BCUT2D eigenvalue weighted by atomic mass is 16.6. The Morgan fingerprint density at radius 2 is 2.05 bits per heavy atom. The molecule has 0 atom stereocenters. The molecule has 0 unspecified atom stereocenters. The summed E-state index contributed by atoms with van der Waals surface area (Å²) in [6, 6.07) is 2.89. The number of aryl methyl sites for hydroxylation is 1. The van der Waals surface area contributed by atoms with Crippen LogP contribution in [0.2, 0.25) is 0 Å². The quantitative estimate of drug-likeness (QED) is 0.501. The highest BCUT2D eigenvalue weighted by Gasteiger charge is 2.34. The van der Waals surface area contributed by atoms with Gasteiger partial charge in [0.05, 0.1) is 16.1 Å². The Kier molecular flexibility index (Phi) is 4.37. The maximum absolute atomic E-state index is 12.5. The molecule has 7 heteroatoms. The lowest BCUT2D eigenvalue weighted by Gasteiger charge is -2.29. The van der Waals surface area contributed by atoms with Crippen LogP contribution in [0.1, 0.15) is 41.6 Å². The molecule has 3 N–H and O–H groups in total. The Bertz CT molecular complexity index is 609. The maximum Gasteiger partial charge on any atom is 0.293 e. The molecule has 0 saturated heterocycles. The van der Waals surface area contributed by atoms with Crippen LogP contribution in [0.3, 0.4) is 0 Å². The zero-order chi connectivity index (χ0) is 16.5. The largest absolute Gasteiger partial charge is 0.393 e. The number of likely N-dealkylation sites (N-methyl/N-ethyl adjacent to an activating group) is 1. The summed E-state index contributed by atoms with van der Waals surface area (Å²) in [6.45, 7) is 1.88. The number of nitro groups is 1. The average Bonchev–Trinajstić information content (AvgIpc) is 2.86. The Balaban J connectivity index is 2.27. The molecule has 1 saturated carbocycles. The molecule has 0 aliphatic heterocycles. The van der Waals surface area contributed by atoms with Crippen LogP contribution >= 0.6 is 0 Å². The van der Waals surface area contributed by atoms with Gasteiger partial charge in [0.2, 0.25) is 0 Å². The molecule has 1 aliphatic rings. The highest BCUT2D eigenvalue weighted by Crippen LogP contribution is 2.32. The van der Waals surface area contributed by atoms with Gasteiger partial charge in [-0.15, -0.1) is 0 Å². The molecule has 1 aromatic rings. The van der Waals surface area contributed by atoms with Gasteiger partial charge in [0, 0.05) is 19.7 Å². The number of carbonyl (C=O) groups is 1. The number of rotatable bonds is 4. The molecule has 1 aromatic carbocycles. The maximum atomic E-state index is 12.5. The van der Waals surface area contributed by atoms with Crippen molar-refractivity contribution in [1.82, 2.24) is 4.90 Å². The summed E-state index contributed by atoms with van der Waals surface area (Å²) >= 11 is 0. The van der Waals surface area contributed by atoms with E-state index >= 15 is 0 Å². The number of carbonyl (C=O) groups excluding carboxylic acids is 1. The normalized spacial score (nSPS) is 16.5. The fourth-order valence-electron chi connectivity index (χ4n) is 3.02. The Morgan fingerprint density at radius 3 is 2.59 bits per heavy atom. The van der Waals surface area contributed by atoms with Crippen molar-refractivity contribution in [1.29, 1.82) is 0 Å². The first-order valence-electron chi connectivity index (χ1n) is 7.26. The van der Waals surface area contributed by atoms with E-state index in [1.165, 1.54) is 11.0 Å². The summed E-state index contributed by atoms with van der Waals surface area (Å²) < 4.78 is 0. The summed E-state index contributed by atoms with van der Waals surface area (Å²) in [5.74, 6) is -0.412. The van der Waals surface area contributed by atoms with Gasteiger partial charge < -0.3 is 15.7 Å². The minimum Gasteiger partial charge on any atom is -0.393 e. The van der Waals surface area contributed by atoms with Crippen LogP contribution < -0.4 is 5.73 Å². The summed E-state index contributed by atoms with van der Waals surface area (Å²) in [4.78, 5) is 24.3. The van der Waals surface area contributed by atoms with Crippen molar-refractivity contribution in [2.75, 3.05) is 19.3 Å². The first-order valence-corrected chi connectivity index (χ1v) is 7.26. The van der Waals surface area contributed by atoms with E-state index in [2.05, 4.69) is 0 Å². The lowest BCUT2D eigenvalue weighted by Crippen LogP contribution is -2.42. The fraction of sp³-hybridized carbons (Fsp3) is 0.533. The third-order valence-electron chi connectivity index (χ3n) is 4.14. The summed E-state index contributed by atoms with van der Waals surface area (Å²) in [6.07, 6.45) is 3.20. The van der Waals surface area contributed by atoms with E-state index in [9.17, 15) is 20.0 Å². The highest BCUT2D eigenvalue weighted by molar-refractivity contribution is 6.01. The molecule has 1 amide bonds. The van der Waals surface area contributed by atoms with E-state index in [0.717, 1.165) is 12.8 Å². The number of nitrogen functional groups attached to an aromatic ring is 1. The first-order chi connectivity index (χ1) is 10.2. The minimum absolute atomic E-state index is 0.107. The second kappa shape index (κ2) is 5.92. The second-order valence-electron chi connectivity index (χ2n) is 6.10. The fourth-order valence-corrected chi connectivity index (χ4v) is 3.02. The van der Waals surface area contributed by atoms with Gasteiger partial charge in [-0.1, -0.05) is 12.8 Å². The van der Waals surface area contributed by atoms with Crippen LogP contribution in [0.15, 0.2) is 12.1 Å². The van der Waals surface area contributed by atoms with Crippen LogP contribution in [0.25, 0.3) is 0 Å². The van der Waals surface area contributed by atoms with Crippen molar-refractivity contribution < 1.29 is 14.8 Å². The molecular weight excluding hydrogens is 286 g/mol. The Labute approximate surface area is 128 Å². The third kappa shape index (κ3) is 3.19. The van der Waals surface area contributed by atoms with E-state index in [-0.39, 0.29) is 23.5 Å². The predicted molar refractivity (Wildman–Crippen MR) is 82.6 cm³/mol.